The molecule has 0 heterocycles. The second-order valence-electron chi connectivity index (χ2n) is 4.92. The number of aliphatic carboxylic acids is 1. The molecule has 2 rings (SSSR count). The summed E-state index contributed by atoms with van der Waals surface area (Å²) in [5, 5.41) is 9.06. The molecule has 3 N–H and O–H groups in total. The molecular formula is C13H18N2O2. The Balaban J connectivity index is 2.34. The van der Waals surface area contributed by atoms with Crippen LogP contribution in [0.5, 0.6) is 0 Å². The molecule has 0 saturated heterocycles. The van der Waals surface area contributed by atoms with Gasteiger partial charge in [-0.2, -0.15) is 0 Å². The van der Waals surface area contributed by atoms with Gasteiger partial charge >= 0.3 is 5.97 Å². The van der Waals surface area contributed by atoms with Gasteiger partial charge in [0, 0.05) is 25.2 Å². The third-order valence-electron chi connectivity index (χ3n) is 3.59. The van der Waals surface area contributed by atoms with Gasteiger partial charge in [0.05, 0.1) is 0 Å². The van der Waals surface area contributed by atoms with Crippen molar-refractivity contribution < 1.29 is 9.90 Å². The van der Waals surface area contributed by atoms with Crippen LogP contribution >= 0.6 is 0 Å². The quantitative estimate of drug-likeness (QED) is 0.821. The van der Waals surface area contributed by atoms with E-state index >= 15 is 0 Å². The van der Waals surface area contributed by atoms with E-state index in [1.165, 1.54) is 0 Å². The number of rotatable bonds is 4. The molecule has 4 nitrogen and oxygen atoms in total. The van der Waals surface area contributed by atoms with Gasteiger partial charge in [0.2, 0.25) is 0 Å². The highest BCUT2D eigenvalue weighted by atomic mass is 16.4. The van der Waals surface area contributed by atoms with Crippen LogP contribution in [-0.2, 0) is 10.2 Å². The summed E-state index contributed by atoms with van der Waals surface area (Å²) in [5.41, 5.74) is 7.57. The minimum atomic E-state index is -0.919. The Labute approximate surface area is 101 Å². The Morgan fingerprint density at radius 1 is 1.47 bits per heavy atom. The maximum Gasteiger partial charge on any atom is 0.321 e. The molecule has 1 unspecified atom stereocenters. The van der Waals surface area contributed by atoms with Crippen molar-refractivity contribution in [2.75, 3.05) is 19.0 Å². The molecule has 1 aromatic rings. The van der Waals surface area contributed by atoms with Gasteiger partial charge in [0.15, 0.2) is 0 Å². The van der Waals surface area contributed by atoms with Crippen molar-refractivity contribution in [3.63, 3.8) is 0 Å². The van der Waals surface area contributed by atoms with Gasteiger partial charge in [-0.1, -0.05) is 12.1 Å². The minimum absolute atomic E-state index is 0.349. The van der Waals surface area contributed by atoms with E-state index in [0.717, 1.165) is 24.1 Å². The van der Waals surface area contributed by atoms with Crippen LogP contribution in [0.4, 0.5) is 5.69 Å². The molecule has 1 aromatic carbocycles. The average Bonchev–Trinajstić information content (AvgIpc) is 3.09. The average molecular weight is 234 g/mol. The maximum atomic E-state index is 11.0. The van der Waals surface area contributed by atoms with Gasteiger partial charge in [-0.25, -0.2) is 0 Å². The predicted octanol–water partition coefficient (Wildman–Crippen LogP) is 1.20. The third-order valence-corrected chi connectivity index (χ3v) is 3.59. The van der Waals surface area contributed by atoms with Gasteiger partial charge in [-0.15, -0.1) is 0 Å². The Morgan fingerprint density at radius 2 is 2.12 bits per heavy atom. The van der Waals surface area contributed by atoms with Crippen molar-refractivity contribution >= 4 is 11.7 Å². The first-order chi connectivity index (χ1) is 7.97. The lowest BCUT2D eigenvalue weighted by Gasteiger charge is -2.22. The van der Waals surface area contributed by atoms with Gasteiger partial charge in [-0.05, 0) is 30.5 Å². The number of benzene rings is 1. The predicted molar refractivity (Wildman–Crippen MR) is 67.3 cm³/mol. The van der Waals surface area contributed by atoms with Gasteiger partial charge < -0.3 is 15.7 Å². The Morgan fingerprint density at radius 3 is 2.59 bits per heavy atom. The molecule has 17 heavy (non-hydrogen) atoms. The van der Waals surface area contributed by atoms with Gasteiger partial charge in [-0.3, -0.25) is 4.79 Å². The number of hydrogen-bond acceptors (Lipinski definition) is 3. The Bertz CT molecular complexity index is 439. The molecular weight excluding hydrogens is 216 g/mol. The van der Waals surface area contributed by atoms with Crippen molar-refractivity contribution in [3.8, 4) is 0 Å². The number of carbonyl (C=O) groups is 1. The monoisotopic (exact) mass is 234 g/mol. The molecule has 0 spiro atoms. The second-order valence-corrected chi connectivity index (χ2v) is 4.92. The van der Waals surface area contributed by atoms with E-state index < -0.39 is 12.0 Å². The zero-order chi connectivity index (χ0) is 12.6. The summed E-state index contributed by atoms with van der Waals surface area (Å²) in [7, 11) is 3.94. The summed E-state index contributed by atoms with van der Waals surface area (Å²) in [6.07, 6.45) is 1.72. The summed E-state index contributed by atoms with van der Waals surface area (Å²) < 4.78 is 0. The first-order valence-corrected chi connectivity index (χ1v) is 5.73. The van der Waals surface area contributed by atoms with Crippen molar-refractivity contribution in [3.05, 3.63) is 29.8 Å². The van der Waals surface area contributed by atoms with Crippen LogP contribution in [0.2, 0.25) is 0 Å². The molecule has 4 heteroatoms. The summed E-state index contributed by atoms with van der Waals surface area (Å²) in [6, 6.07) is 7.17. The van der Waals surface area contributed by atoms with E-state index in [4.69, 9.17) is 10.8 Å². The molecule has 1 fully saturated rings. The van der Waals surface area contributed by atoms with E-state index in [1.807, 2.05) is 43.3 Å². The van der Waals surface area contributed by atoms with E-state index in [2.05, 4.69) is 0 Å². The molecule has 1 saturated carbocycles. The molecule has 1 atom stereocenters. The minimum Gasteiger partial charge on any atom is -0.480 e. The zero-order valence-electron chi connectivity index (χ0n) is 10.2. The first-order valence-electron chi connectivity index (χ1n) is 5.73. The summed E-state index contributed by atoms with van der Waals surface area (Å²) in [6.45, 7) is 0. The van der Waals surface area contributed by atoms with E-state index in [-0.39, 0.29) is 5.41 Å². The number of carboxylic acids is 1. The fourth-order valence-corrected chi connectivity index (χ4v) is 2.24. The van der Waals surface area contributed by atoms with Gasteiger partial charge in [0.25, 0.3) is 0 Å². The smallest absolute Gasteiger partial charge is 0.321 e. The number of carboxylic acid groups (broad SMARTS) is 1. The van der Waals surface area contributed by atoms with E-state index in [1.54, 1.807) is 0 Å². The molecule has 0 bridgehead atoms. The summed E-state index contributed by atoms with van der Waals surface area (Å²) >= 11 is 0. The maximum absolute atomic E-state index is 11.0. The molecule has 0 aromatic heterocycles. The number of nitrogens with zero attached hydrogens (tertiary/aromatic N) is 1. The van der Waals surface area contributed by atoms with Crippen LogP contribution in [0.25, 0.3) is 0 Å². The van der Waals surface area contributed by atoms with Gasteiger partial charge in [0.1, 0.15) is 6.04 Å². The fourth-order valence-electron chi connectivity index (χ4n) is 2.24. The topological polar surface area (TPSA) is 66.6 Å². The van der Waals surface area contributed by atoms with Crippen LogP contribution in [0.3, 0.4) is 0 Å². The number of nitrogens with two attached hydrogens (primary N) is 1. The third kappa shape index (κ3) is 2.00. The van der Waals surface area contributed by atoms with Crippen LogP contribution in [0.15, 0.2) is 24.3 Å². The molecule has 1 aliphatic carbocycles. The van der Waals surface area contributed by atoms with Crippen LogP contribution in [-0.4, -0.2) is 31.2 Å². The molecule has 0 amide bonds. The largest absolute Gasteiger partial charge is 0.480 e. The Hall–Kier alpha value is -1.55. The Kier molecular flexibility index (Phi) is 2.83. The first kappa shape index (κ1) is 11.9. The highest BCUT2D eigenvalue weighted by Crippen LogP contribution is 2.50. The molecule has 1 aliphatic rings. The van der Waals surface area contributed by atoms with E-state index in [0.29, 0.717) is 0 Å². The second kappa shape index (κ2) is 4.04. The number of anilines is 1. The van der Waals surface area contributed by atoms with Crippen LogP contribution in [0, 0.1) is 0 Å². The number of hydrogen-bond donors (Lipinski definition) is 2. The van der Waals surface area contributed by atoms with Crippen LogP contribution < -0.4 is 10.6 Å². The fraction of sp³-hybridized carbons (Fsp3) is 0.462. The molecule has 0 radical (unpaired) electrons. The molecule has 0 aliphatic heterocycles. The lowest BCUT2D eigenvalue weighted by Crippen LogP contribution is -2.42. The summed E-state index contributed by atoms with van der Waals surface area (Å²) in [5.74, 6) is -0.919. The standard InChI is InChI=1S/C13H18N2O2/c1-15(2)10-5-3-4-9(8-10)13(6-7-13)11(14)12(16)17/h3-5,8,11H,6-7,14H2,1-2H3,(H,16,17). The highest BCUT2D eigenvalue weighted by molar-refractivity contribution is 5.77. The van der Waals surface area contributed by atoms with Crippen LogP contribution in [0.1, 0.15) is 18.4 Å². The lowest BCUT2D eigenvalue weighted by molar-refractivity contribution is -0.139. The lowest BCUT2D eigenvalue weighted by atomic mass is 9.88. The van der Waals surface area contributed by atoms with Crippen molar-refractivity contribution in [1.82, 2.24) is 0 Å². The van der Waals surface area contributed by atoms with Crippen molar-refractivity contribution in [2.24, 2.45) is 5.73 Å². The normalized spacial score (nSPS) is 18.5. The summed E-state index contributed by atoms with van der Waals surface area (Å²) in [4.78, 5) is 13.0. The molecule has 92 valence electrons. The van der Waals surface area contributed by atoms with Crippen molar-refractivity contribution in [2.45, 2.75) is 24.3 Å². The SMILES string of the molecule is CN(C)c1cccc(C2(C(N)C(=O)O)CC2)c1. The zero-order valence-corrected chi connectivity index (χ0v) is 10.2. The highest BCUT2D eigenvalue weighted by Gasteiger charge is 2.52. The van der Waals surface area contributed by atoms with Crippen molar-refractivity contribution in [1.29, 1.82) is 0 Å². The van der Waals surface area contributed by atoms with E-state index in [9.17, 15) is 4.79 Å².